The van der Waals surface area contributed by atoms with Gasteiger partial charge in [-0.15, -0.1) is 5.10 Å². The van der Waals surface area contributed by atoms with Crippen molar-refractivity contribution in [2.45, 2.75) is 0 Å². The number of amides is 1. The lowest BCUT2D eigenvalue weighted by molar-refractivity contribution is -0.135. The highest BCUT2D eigenvalue weighted by Crippen LogP contribution is 2.23. The molecular weight excluding hydrogens is 333 g/mol. The number of esters is 1. The van der Waals surface area contributed by atoms with Crippen LogP contribution in [-0.2, 0) is 14.3 Å². The topological polar surface area (TPSA) is 80.1 Å². The van der Waals surface area contributed by atoms with Crippen molar-refractivity contribution in [2.24, 2.45) is 10.2 Å². The van der Waals surface area contributed by atoms with E-state index in [1.165, 1.54) is 25.5 Å². The smallest absolute Gasteiger partial charge is 0.331 e. The molecule has 0 atom stereocenters. The highest BCUT2D eigenvalue weighted by atomic mass is 35.5. The average molecular weight is 342 g/mol. The standard InChI is InChI=1S/C13H9ClFN3O3S/c1-21-11(19)5-10-12(20)17-13(22-10)18-16-6-7-2-3-8(14)4-9(7)15/h2-6H,1H3,(H,17,18,20)/b10-5+,16-6?. The maximum atomic E-state index is 13.5. The number of halogens is 2. The van der Waals surface area contributed by atoms with Gasteiger partial charge in [-0.05, 0) is 30.0 Å². The summed E-state index contributed by atoms with van der Waals surface area (Å²) in [5, 5.41) is 10.3. The van der Waals surface area contributed by atoms with Gasteiger partial charge in [0.25, 0.3) is 5.91 Å². The van der Waals surface area contributed by atoms with Crippen molar-refractivity contribution in [2.75, 3.05) is 7.11 Å². The summed E-state index contributed by atoms with van der Waals surface area (Å²) in [6.07, 6.45) is 2.23. The molecule has 1 aliphatic rings. The first-order valence-corrected chi connectivity index (χ1v) is 7.04. The van der Waals surface area contributed by atoms with Crippen LogP contribution in [0.2, 0.25) is 5.02 Å². The van der Waals surface area contributed by atoms with Crippen molar-refractivity contribution < 1.29 is 18.7 Å². The summed E-state index contributed by atoms with van der Waals surface area (Å²) < 4.78 is 17.9. The molecule has 1 fully saturated rings. The largest absolute Gasteiger partial charge is 0.466 e. The van der Waals surface area contributed by atoms with E-state index in [0.717, 1.165) is 23.9 Å². The Balaban J connectivity index is 2.08. The zero-order valence-electron chi connectivity index (χ0n) is 11.2. The first-order valence-electron chi connectivity index (χ1n) is 5.84. The molecule has 0 bridgehead atoms. The molecule has 1 saturated heterocycles. The minimum atomic E-state index is -0.648. The monoisotopic (exact) mass is 341 g/mol. The SMILES string of the molecule is COC(=O)/C=C1/S/C(=N\N=Cc2ccc(Cl)cc2F)NC1=O. The fraction of sp³-hybridized carbons (Fsp3) is 0.0769. The number of amidine groups is 1. The van der Waals surface area contributed by atoms with E-state index in [-0.39, 0.29) is 20.7 Å². The Morgan fingerprint density at radius 3 is 2.95 bits per heavy atom. The van der Waals surface area contributed by atoms with Crippen LogP contribution in [0.5, 0.6) is 0 Å². The highest BCUT2D eigenvalue weighted by molar-refractivity contribution is 8.18. The van der Waals surface area contributed by atoms with Gasteiger partial charge < -0.3 is 4.74 Å². The van der Waals surface area contributed by atoms with Crippen LogP contribution in [0.15, 0.2) is 39.4 Å². The zero-order chi connectivity index (χ0) is 16.1. The Hall–Kier alpha value is -2.19. The van der Waals surface area contributed by atoms with Gasteiger partial charge in [-0.1, -0.05) is 11.6 Å². The van der Waals surface area contributed by atoms with Crippen LogP contribution >= 0.6 is 23.4 Å². The Morgan fingerprint density at radius 1 is 1.50 bits per heavy atom. The second kappa shape index (κ2) is 7.19. The molecule has 0 unspecified atom stereocenters. The number of carbonyl (C=O) groups excluding carboxylic acids is 2. The van der Waals surface area contributed by atoms with E-state index in [9.17, 15) is 14.0 Å². The molecular formula is C13H9ClFN3O3S. The zero-order valence-corrected chi connectivity index (χ0v) is 12.7. The molecule has 22 heavy (non-hydrogen) atoms. The molecule has 1 N–H and O–H groups in total. The number of thioether (sulfide) groups is 1. The molecule has 0 spiro atoms. The second-order valence-corrected chi connectivity index (χ2v) is 5.37. The van der Waals surface area contributed by atoms with Crippen LogP contribution < -0.4 is 5.32 Å². The molecule has 0 radical (unpaired) electrons. The molecule has 1 aliphatic heterocycles. The minimum absolute atomic E-state index is 0.137. The summed E-state index contributed by atoms with van der Waals surface area (Å²) in [4.78, 5) is 22.8. The quantitative estimate of drug-likeness (QED) is 0.395. The lowest BCUT2D eigenvalue weighted by Crippen LogP contribution is -2.19. The first-order chi connectivity index (χ1) is 10.5. The fourth-order valence-corrected chi connectivity index (χ4v) is 2.29. The molecule has 1 aromatic rings. The van der Waals surface area contributed by atoms with E-state index < -0.39 is 17.7 Å². The van der Waals surface area contributed by atoms with Crippen molar-refractivity contribution >= 4 is 46.6 Å². The predicted octanol–water partition coefficient (Wildman–Crippen LogP) is 2.09. The third kappa shape index (κ3) is 4.15. The van der Waals surface area contributed by atoms with Crippen molar-refractivity contribution in [3.63, 3.8) is 0 Å². The van der Waals surface area contributed by atoms with Gasteiger partial charge in [-0.2, -0.15) is 5.10 Å². The number of benzene rings is 1. The van der Waals surface area contributed by atoms with Gasteiger partial charge in [0, 0.05) is 16.7 Å². The van der Waals surface area contributed by atoms with E-state index in [0.29, 0.717) is 0 Å². The molecule has 1 amide bonds. The molecule has 1 heterocycles. The first kappa shape index (κ1) is 16.2. The number of ether oxygens (including phenoxy) is 1. The Kier molecular flexibility index (Phi) is 5.29. The van der Waals surface area contributed by atoms with E-state index in [1.807, 2.05) is 0 Å². The summed E-state index contributed by atoms with van der Waals surface area (Å²) in [5.74, 6) is -1.67. The maximum Gasteiger partial charge on any atom is 0.331 e. The third-order valence-corrected chi connectivity index (χ3v) is 3.54. The van der Waals surface area contributed by atoms with Gasteiger partial charge in [-0.3, -0.25) is 10.1 Å². The lowest BCUT2D eigenvalue weighted by atomic mass is 10.2. The number of nitrogens with one attached hydrogen (secondary N) is 1. The number of carbonyl (C=O) groups is 2. The molecule has 1 aromatic carbocycles. The molecule has 6 nitrogen and oxygen atoms in total. The summed E-state index contributed by atoms with van der Waals surface area (Å²) in [6.45, 7) is 0. The molecule has 9 heteroatoms. The van der Waals surface area contributed by atoms with Gasteiger partial charge in [0.1, 0.15) is 5.82 Å². The van der Waals surface area contributed by atoms with Gasteiger partial charge >= 0.3 is 5.97 Å². The summed E-state index contributed by atoms with van der Waals surface area (Å²) in [7, 11) is 1.21. The highest BCUT2D eigenvalue weighted by Gasteiger charge is 2.24. The van der Waals surface area contributed by atoms with Crippen LogP contribution in [0, 0.1) is 5.82 Å². The molecule has 0 saturated carbocycles. The molecule has 2 rings (SSSR count). The van der Waals surface area contributed by atoms with Crippen molar-refractivity contribution in [1.82, 2.24) is 5.32 Å². The number of hydrogen-bond donors (Lipinski definition) is 1. The van der Waals surface area contributed by atoms with E-state index >= 15 is 0 Å². The van der Waals surface area contributed by atoms with E-state index in [4.69, 9.17) is 11.6 Å². The second-order valence-electron chi connectivity index (χ2n) is 3.90. The van der Waals surface area contributed by atoms with Crippen LogP contribution in [0.4, 0.5) is 4.39 Å². The third-order valence-electron chi connectivity index (χ3n) is 2.41. The van der Waals surface area contributed by atoms with Crippen molar-refractivity contribution in [3.05, 3.63) is 45.6 Å². The summed E-state index contributed by atoms with van der Waals surface area (Å²) in [5.41, 5.74) is 0.202. The number of hydrogen-bond acceptors (Lipinski definition) is 6. The minimum Gasteiger partial charge on any atom is -0.466 e. The van der Waals surface area contributed by atoms with Gasteiger partial charge in [0.15, 0.2) is 5.17 Å². The Labute approximate surface area is 134 Å². The normalized spacial score (nSPS) is 18.2. The van der Waals surface area contributed by atoms with Gasteiger partial charge in [0.2, 0.25) is 0 Å². The van der Waals surface area contributed by atoms with E-state index in [2.05, 4.69) is 20.3 Å². The van der Waals surface area contributed by atoms with Crippen molar-refractivity contribution in [1.29, 1.82) is 0 Å². The molecule has 114 valence electrons. The van der Waals surface area contributed by atoms with Crippen LogP contribution in [0.25, 0.3) is 0 Å². The van der Waals surface area contributed by atoms with Crippen LogP contribution in [0.3, 0.4) is 0 Å². The number of methoxy groups -OCH3 is 1. The van der Waals surface area contributed by atoms with Crippen LogP contribution in [-0.4, -0.2) is 30.4 Å². The summed E-state index contributed by atoms with van der Waals surface area (Å²) in [6, 6.07) is 4.12. The maximum absolute atomic E-state index is 13.5. The number of rotatable bonds is 3. The average Bonchev–Trinajstić information content (AvgIpc) is 2.81. The van der Waals surface area contributed by atoms with Gasteiger partial charge in [0.05, 0.1) is 18.2 Å². The Bertz CT molecular complexity index is 718. The van der Waals surface area contributed by atoms with Crippen molar-refractivity contribution in [3.8, 4) is 0 Å². The van der Waals surface area contributed by atoms with Crippen LogP contribution in [0.1, 0.15) is 5.56 Å². The molecule has 0 aromatic heterocycles. The fourth-order valence-electron chi connectivity index (χ4n) is 1.39. The molecule has 0 aliphatic carbocycles. The van der Waals surface area contributed by atoms with Gasteiger partial charge in [-0.25, -0.2) is 9.18 Å². The lowest BCUT2D eigenvalue weighted by Gasteiger charge is -1.95. The summed E-state index contributed by atoms with van der Waals surface area (Å²) >= 11 is 6.56. The Morgan fingerprint density at radius 2 is 2.27 bits per heavy atom. The number of nitrogens with zero attached hydrogens (tertiary/aromatic N) is 2. The predicted molar refractivity (Wildman–Crippen MR) is 82.3 cm³/mol. The van der Waals surface area contributed by atoms with E-state index in [1.54, 1.807) is 0 Å².